The summed E-state index contributed by atoms with van der Waals surface area (Å²) in [5, 5.41) is 5.93. The van der Waals surface area contributed by atoms with E-state index in [1.165, 1.54) is 10.6 Å². The number of hydrazone groups is 1. The van der Waals surface area contributed by atoms with Gasteiger partial charge in [-0.15, -0.1) is 0 Å². The van der Waals surface area contributed by atoms with Gasteiger partial charge in [0.2, 0.25) is 0 Å². The van der Waals surface area contributed by atoms with E-state index in [4.69, 9.17) is 9.47 Å². The summed E-state index contributed by atoms with van der Waals surface area (Å²) in [4.78, 5) is 13.0. The minimum atomic E-state index is -0.132. The lowest BCUT2D eigenvalue weighted by Gasteiger charge is -2.13. The van der Waals surface area contributed by atoms with Crippen molar-refractivity contribution in [3.05, 3.63) is 58.7 Å². The second kappa shape index (κ2) is 8.30. The topological polar surface area (TPSA) is 51.1 Å². The van der Waals surface area contributed by atoms with Crippen molar-refractivity contribution in [2.24, 2.45) is 5.10 Å². The van der Waals surface area contributed by atoms with E-state index in [1.54, 1.807) is 0 Å². The smallest absolute Gasteiger partial charge is 0.280 e. The van der Waals surface area contributed by atoms with E-state index in [1.807, 2.05) is 77.1 Å². The third-order valence-corrected chi connectivity index (χ3v) is 4.68. The molecule has 0 aromatic heterocycles. The molecular formula is C23H26N2O3. The van der Waals surface area contributed by atoms with Crippen LogP contribution < -0.4 is 14.5 Å². The maximum atomic E-state index is 13.0. The predicted molar refractivity (Wildman–Crippen MR) is 113 cm³/mol. The van der Waals surface area contributed by atoms with Gasteiger partial charge in [-0.3, -0.25) is 4.79 Å². The van der Waals surface area contributed by atoms with E-state index in [0.717, 1.165) is 16.8 Å². The summed E-state index contributed by atoms with van der Waals surface area (Å²) in [5.74, 6) is 1.24. The summed E-state index contributed by atoms with van der Waals surface area (Å²) in [6, 6.07) is 11.6. The number of amides is 1. The summed E-state index contributed by atoms with van der Waals surface area (Å²) in [6.45, 7) is 10.9. The van der Waals surface area contributed by atoms with E-state index in [2.05, 4.69) is 5.10 Å². The molecule has 3 rings (SSSR count). The molecular weight excluding hydrogens is 352 g/mol. The molecule has 1 amide bonds. The predicted octanol–water partition coefficient (Wildman–Crippen LogP) is 4.91. The first kappa shape index (κ1) is 19.7. The molecule has 5 heteroatoms. The van der Waals surface area contributed by atoms with Gasteiger partial charge in [0.15, 0.2) is 11.5 Å². The molecule has 5 nitrogen and oxygen atoms in total. The summed E-state index contributed by atoms with van der Waals surface area (Å²) < 4.78 is 11.3. The first-order valence-corrected chi connectivity index (χ1v) is 9.53. The van der Waals surface area contributed by atoms with Crippen molar-refractivity contribution in [3.8, 4) is 11.5 Å². The van der Waals surface area contributed by atoms with Crippen LogP contribution in [0.1, 0.15) is 37.5 Å². The van der Waals surface area contributed by atoms with Crippen LogP contribution in [-0.2, 0) is 4.79 Å². The number of carbonyl (C=O) groups excluding carboxylic acids is 1. The molecule has 0 bridgehead atoms. The van der Waals surface area contributed by atoms with Crippen LogP contribution in [0.5, 0.6) is 11.5 Å². The molecule has 0 spiro atoms. The molecule has 0 atom stereocenters. The molecule has 2 aromatic rings. The van der Waals surface area contributed by atoms with Crippen molar-refractivity contribution in [1.29, 1.82) is 0 Å². The van der Waals surface area contributed by atoms with Gasteiger partial charge in [-0.1, -0.05) is 12.1 Å². The zero-order chi connectivity index (χ0) is 20.3. The van der Waals surface area contributed by atoms with Crippen molar-refractivity contribution < 1.29 is 14.3 Å². The summed E-state index contributed by atoms with van der Waals surface area (Å²) in [5.41, 5.74) is 5.22. The van der Waals surface area contributed by atoms with Crippen LogP contribution in [0.3, 0.4) is 0 Å². The van der Waals surface area contributed by atoms with Crippen LogP contribution in [0.2, 0.25) is 0 Å². The van der Waals surface area contributed by atoms with E-state index in [0.29, 0.717) is 36.0 Å². The maximum absolute atomic E-state index is 13.0. The molecule has 146 valence electrons. The van der Waals surface area contributed by atoms with Crippen LogP contribution in [0, 0.1) is 13.8 Å². The number of hydrogen-bond acceptors (Lipinski definition) is 4. The lowest BCUT2D eigenvalue weighted by molar-refractivity contribution is -0.114. The Morgan fingerprint density at radius 1 is 0.929 bits per heavy atom. The largest absolute Gasteiger partial charge is 0.490 e. The second-order valence-corrected chi connectivity index (χ2v) is 6.70. The van der Waals surface area contributed by atoms with Crippen molar-refractivity contribution >= 4 is 23.4 Å². The van der Waals surface area contributed by atoms with Crippen molar-refractivity contribution in [3.63, 3.8) is 0 Å². The number of aryl methyl sites for hydroxylation is 2. The van der Waals surface area contributed by atoms with Gasteiger partial charge in [-0.25, -0.2) is 0 Å². The fourth-order valence-electron chi connectivity index (χ4n) is 3.04. The third-order valence-electron chi connectivity index (χ3n) is 4.68. The molecule has 1 heterocycles. The van der Waals surface area contributed by atoms with Crippen LogP contribution in [0.15, 0.2) is 47.1 Å². The quantitative estimate of drug-likeness (QED) is 0.671. The molecule has 0 aliphatic carbocycles. The van der Waals surface area contributed by atoms with E-state index in [9.17, 15) is 4.79 Å². The number of benzene rings is 2. The lowest BCUT2D eigenvalue weighted by Crippen LogP contribution is -2.21. The van der Waals surface area contributed by atoms with Crippen molar-refractivity contribution in [2.45, 2.75) is 34.6 Å². The number of carbonyl (C=O) groups is 1. The zero-order valence-electron chi connectivity index (χ0n) is 17.1. The number of nitrogens with zero attached hydrogens (tertiary/aromatic N) is 2. The Labute approximate surface area is 166 Å². The van der Waals surface area contributed by atoms with Gasteiger partial charge in [0.1, 0.15) is 0 Å². The Morgan fingerprint density at radius 3 is 2.32 bits per heavy atom. The van der Waals surface area contributed by atoms with Gasteiger partial charge >= 0.3 is 0 Å². The van der Waals surface area contributed by atoms with Gasteiger partial charge in [-0.2, -0.15) is 10.1 Å². The van der Waals surface area contributed by atoms with Crippen molar-refractivity contribution in [2.75, 3.05) is 18.2 Å². The molecule has 0 fully saturated rings. The van der Waals surface area contributed by atoms with Gasteiger partial charge in [0.25, 0.3) is 5.91 Å². The maximum Gasteiger partial charge on any atom is 0.280 e. The number of anilines is 1. The lowest BCUT2D eigenvalue weighted by atomic mass is 10.1. The average Bonchev–Trinajstić information content (AvgIpc) is 2.94. The second-order valence-electron chi connectivity index (χ2n) is 6.70. The Kier molecular flexibility index (Phi) is 5.83. The number of rotatable bonds is 6. The van der Waals surface area contributed by atoms with Crippen LogP contribution in [-0.4, -0.2) is 24.8 Å². The summed E-state index contributed by atoms with van der Waals surface area (Å²) >= 11 is 0. The molecule has 1 aliphatic rings. The first-order valence-electron chi connectivity index (χ1n) is 9.53. The molecule has 0 saturated heterocycles. The van der Waals surface area contributed by atoms with Crippen LogP contribution in [0.25, 0.3) is 6.08 Å². The zero-order valence-corrected chi connectivity index (χ0v) is 17.1. The first-order chi connectivity index (χ1) is 13.4. The van der Waals surface area contributed by atoms with Gasteiger partial charge in [0.05, 0.1) is 30.2 Å². The van der Waals surface area contributed by atoms with Gasteiger partial charge in [0, 0.05) is 0 Å². The SMILES string of the molecule is CCOc1ccc(/C=C2/C(=O)N(c3ccc(C)c(C)c3)N=C2C)cc1OCC. The summed E-state index contributed by atoms with van der Waals surface area (Å²) in [6.07, 6.45) is 1.85. The number of hydrogen-bond donors (Lipinski definition) is 0. The fourth-order valence-corrected chi connectivity index (χ4v) is 3.04. The van der Waals surface area contributed by atoms with Crippen LogP contribution >= 0.6 is 0 Å². The Hall–Kier alpha value is -3.08. The molecule has 28 heavy (non-hydrogen) atoms. The Balaban J connectivity index is 1.92. The van der Waals surface area contributed by atoms with Crippen molar-refractivity contribution in [1.82, 2.24) is 0 Å². The van der Waals surface area contributed by atoms with E-state index < -0.39 is 0 Å². The molecule has 2 aromatic carbocycles. The monoisotopic (exact) mass is 378 g/mol. The Morgan fingerprint density at radius 2 is 1.64 bits per heavy atom. The molecule has 0 radical (unpaired) electrons. The molecule has 0 saturated carbocycles. The van der Waals surface area contributed by atoms with E-state index >= 15 is 0 Å². The van der Waals surface area contributed by atoms with Gasteiger partial charge in [-0.05, 0) is 81.7 Å². The normalized spacial score (nSPS) is 15.2. The van der Waals surface area contributed by atoms with E-state index in [-0.39, 0.29) is 5.91 Å². The molecule has 0 N–H and O–H groups in total. The highest BCUT2D eigenvalue weighted by Gasteiger charge is 2.28. The fraction of sp³-hybridized carbons (Fsp3) is 0.304. The molecule has 1 aliphatic heterocycles. The Bertz CT molecular complexity index is 960. The standard InChI is InChI=1S/C23H26N2O3/c1-6-27-21-11-9-18(14-22(21)28-7-2)13-20-17(5)24-25(23(20)26)19-10-8-15(3)16(4)12-19/h8-14H,6-7H2,1-5H3/b20-13+. The third kappa shape index (κ3) is 3.93. The highest BCUT2D eigenvalue weighted by Crippen LogP contribution is 2.31. The minimum absolute atomic E-state index is 0.132. The highest BCUT2D eigenvalue weighted by atomic mass is 16.5. The minimum Gasteiger partial charge on any atom is -0.490 e. The van der Waals surface area contributed by atoms with Gasteiger partial charge < -0.3 is 9.47 Å². The average molecular weight is 378 g/mol. The van der Waals surface area contributed by atoms with Crippen LogP contribution in [0.4, 0.5) is 5.69 Å². The molecule has 0 unspecified atom stereocenters. The highest BCUT2D eigenvalue weighted by molar-refractivity contribution is 6.32. The summed E-state index contributed by atoms with van der Waals surface area (Å²) in [7, 11) is 0. The number of ether oxygens (including phenoxy) is 2.